The summed E-state index contributed by atoms with van der Waals surface area (Å²) in [6.45, 7) is 4.20. The molecule has 0 N–H and O–H groups in total. The van der Waals surface area contributed by atoms with Gasteiger partial charge < -0.3 is 4.42 Å². The number of hydrogen-bond donors (Lipinski definition) is 0. The Kier molecular flexibility index (Phi) is 3.21. The molecule has 0 spiro atoms. The Morgan fingerprint density at radius 3 is 2.17 bits per heavy atom. The molecule has 0 bridgehead atoms. The monoisotopic (exact) mass is 266 g/mol. The highest BCUT2D eigenvalue weighted by Crippen LogP contribution is 2.22. The van der Waals surface area contributed by atoms with Crippen molar-refractivity contribution in [2.45, 2.75) is 25.0 Å². The summed E-state index contributed by atoms with van der Waals surface area (Å²) in [5.74, 6) is 0.652. The third-order valence-electron chi connectivity index (χ3n) is 2.55. The summed E-state index contributed by atoms with van der Waals surface area (Å²) in [5, 5.41) is 6.89. The average Bonchev–Trinajstić information content (AvgIpc) is 2.78. The van der Waals surface area contributed by atoms with E-state index < -0.39 is 9.84 Å². The minimum absolute atomic E-state index is 0.214. The van der Waals surface area contributed by atoms with E-state index in [9.17, 15) is 8.42 Å². The first-order valence-corrected chi connectivity index (χ1v) is 7.41. The molecule has 6 heteroatoms. The van der Waals surface area contributed by atoms with Gasteiger partial charge in [0.1, 0.15) is 0 Å². The maximum Gasteiger partial charge on any atom is 0.335 e. The second-order valence-electron chi connectivity index (χ2n) is 4.42. The van der Waals surface area contributed by atoms with Crippen LogP contribution < -0.4 is 0 Å². The largest absolute Gasteiger partial charge is 0.408 e. The van der Waals surface area contributed by atoms with Gasteiger partial charge in [-0.15, -0.1) is 5.10 Å². The van der Waals surface area contributed by atoms with E-state index in [1.807, 2.05) is 24.3 Å². The number of rotatable bonds is 3. The zero-order valence-electron chi connectivity index (χ0n) is 10.4. The Balaban J connectivity index is 2.35. The van der Waals surface area contributed by atoms with Crippen LogP contribution in [0.15, 0.2) is 33.9 Å². The minimum atomic E-state index is -3.45. The molecule has 2 rings (SSSR count). The van der Waals surface area contributed by atoms with Crippen LogP contribution in [0.5, 0.6) is 0 Å². The van der Waals surface area contributed by atoms with Crippen LogP contribution in [-0.4, -0.2) is 24.9 Å². The van der Waals surface area contributed by atoms with Gasteiger partial charge in [-0.1, -0.05) is 31.1 Å². The molecule has 0 aliphatic heterocycles. The van der Waals surface area contributed by atoms with Crippen LogP contribution in [0.3, 0.4) is 0 Å². The van der Waals surface area contributed by atoms with E-state index in [-0.39, 0.29) is 11.1 Å². The van der Waals surface area contributed by atoms with Gasteiger partial charge in [0, 0.05) is 11.8 Å². The van der Waals surface area contributed by atoms with E-state index in [0.717, 1.165) is 6.26 Å². The van der Waals surface area contributed by atoms with Crippen LogP contribution in [0.4, 0.5) is 0 Å². The summed E-state index contributed by atoms with van der Waals surface area (Å²) >= 11 is 0. The van der Waals surface area contributed by atoms with Gasteiger partial charge in [0.05, 0.1) is 0 Å². The van der Waals surface area contributed by atoms with E-state index in [1.54, 1.807) is 0 Å². The molecule has 0 amide bonds. The van der Waals surface area contributed by atoms with E-state index in [0.29, 0.717) is 11.5 Å². The molecule has 1 heterocycles. The topological polar surface area (TPSA) is 73.1 Å². The summed E-state index contributed by atoms with van der Waals surface area (Å²) in [7, 11) is -3.45. The van der Waals surface area contributed by atoms with E-state index in [4.69, 9.17) is 4.42 Å². The molecule has 0 aliphatic rings. The van der Waals surface area contributed by atoms with Gasteiger partial charge in [-0.2, -0.15) is 0 Å². The highest BCUT2D eigenvalue weighted by atomic mass is 32.2. The number of nitrogens with zero attached hydrogens (tertiary/aromatic N) is 2. The fourth-order valence-electron chi connectivity index (χ4n) is 1.49. The molecule has 2 aromatic rings. The number of aromatic nitrogens is 2. The molecular weight excluding hydrogens is 252 g/mol. The van der Waals surface area contributed by atoms with Gasteiger partial charge in [0.25, 0.3) is 0 Å². The Morgan fingerprint density at radius 1 is 1.11 bits per heavy atom. The van der Waals surface area contributed by atoms with Crippen molar-refractivity contribution in [3.8, 4) is 11.5 Å². The maximum absolute atomic E-state index is 11.2. The molecule has 0 radical (unpaired) electrons. The Morgan fingerprint density at radius 2 is 1.72 bits per heavy atom. The normalized spacial score (nSPS) is 12.0. The fraction of sp³-hybridized carbons (Fsp3) is 0.333. The van der Waals surface area contributed by atoms with E-state index >= 15 is 0 Å². The van der Waals surface area contributed by atoms with Gasteiger partial charge in [-0.05, 0) is 23.6 Å². The number of sulfone groups is 1. The molecule has 0 saturated carbocycles. The van der Waals surface area contributed by atoms with E-state index in [2.05, 4.69) is 24.0 Å². The van der Waals surface area contributed by atoms with Gasteiger partial charge in [0.2, 0.25) is 15.7 Å². The van der Waals surface area contributed by atoms with Crippen molar-refractivity contribution < 1.29 is 12.8 Å². The zero-order chi connectivity index (χ0) is 13.3. The lowest BCUT2D eigenvalue weighted by Gasteiger charge is -2.04. The molecule has 5 nitrogen and oxygen atoms in total. The highest BCUT2D eigenvalue weighted by Gasteiger charge is 2.17. The van der Waals surface area contributed by atoms with Crippen molar-refractivity contribution in [1.29, 1.82) is 0 Å². The quantitative estimate of drug-likeness (QED) is 0.852. The zero-order valence-corrected chi connectivity index (χ0v) is 11.2. The third-order valence-corrected chi connectivity index (χ3v) is 3.35. The van der Waals surface area contributed by atoms with E-state index in [1.165, 1.54) is 5.56 Å². The van der Waals surface area contributed by atoms with Crippen LogP contribution >= 0.6 is 0 Å². The Hall–Kier alpha value is -1.69. The van der Waals surface area contributed by atoms with Gasteiger partial charge in [-0.3, -0.25) is 0 Å². The van der Waals surface area contributed by atoms with Gasteiger partial charge in [0.15, 0.2) is 0 Å². The van der Waals surface area contributed by atoms with Crippen molar-refractivity contribution in [1.82, 2.24) is 10.2 Å². The lowest BCUT2D eigenvalue weighted by molar-refractivity contribution is 0.442. The van der Waals surface area contributed by atoms with Gasteiger partial charge in [-0.25, -0.2) is 8.42 Å². The molecule has 0 saturated heterocycles. The fourth-order valence-corrected chi connectivity index (χ4v) is 1.91. The lowest BCUT2D eigenvalue weighted by Crippen LogP contribution is -1.96. The summed E-state index contributed by atoms with van der Waals surface area (Å²) in [5.41, 5.74) is 1.91. The first-order chi connectivity index (χ1) is 8.38. The SMILES string of the molecule is CC(C)c1ccc(-c2nnc(S(C)(=O)=O)o2)cc1. The highest BCUT2D eigenvalue weighted by molar-refractivity contribution is 7.90. The van der Waals surface area contributed by atoms with Gasteiger partial charge >= 0.3 is 5.22 Å². The molecule has 18 heavy (non-hydrogen) atoms. The first kappa shape index (κ1) is 12.8. The Bertz CT molecular complexity index is 642. The van der Waals surface area contributed by atoms with Crippen LogP contribution in [0.25, 0.3) is 11.5 Å². The summed E-state index contributed by atoms with van der Waals surface area (Å²) in [6, 6.07) is 7.61. The van der Waals surface area contributed by atoms with Crippen LogP contribution in [-0.2, 0) is 9.84 Å². The molecule has 96 valence electrons. The van der Waals surface area contributed by atoms with Crippen molar-refractivity contribution in [2.75, 3.05) is 6.26 Å². The Labute approximate surface area is 106 Å². The summed E-state index contributed by atoms with van der Waals surface area (Å²) < 4.78 is 27.6. The van der Waals surface area contributed by atoms with Crippen molar-refractivity contribution in [2.24, 2.45) is 0 Å². The summed E-state index contributed by atoms with van der Waals surface area (Å²) in [6.07, 6.45) is 1.03. The molecule has 0 fully saturated rings. The number of benzene rings is 1. The van der Waals surface area contributed by atoms with Crippen molar-refractivity contribution >= 4 is 9.84 Å². The van der Waals surface area contributed by atoms with Crippen LogP contribution in [0, 0.1) is 0 Å². The standard InChI is InChI=1S/C12H14N2O3S/c1-8(2)9-4-6-10(7-5-9)11-13-14-12(17-11)18(3,15)16/h4-8H,1-3H3. The van der Waals surface area contributed by atoms with Crippen LogP contribution in [0.1, 0.15) is 25.3 Å². The van der Waals surface area contributed by atoms with Crippen molar-refractivity contribution in [3.05, 3.63) is 29.8 Å². The second kappa shape index (κ2) is 4.53. The van der Waals surface area contributed by atoms with Crippen LogP contribution in [0.2, 0.25) is 0 Å². The molecule has 0 unspecified atom stereocenters. The smallest absolute Gasteiger partial charge is 0.335 e. The summed E-state index contributed by atoms with van der Waals surface area (Å²) in [4.78, 5) is 0. The second-order valence-corrected chi connectivity index (χ2v) is 6.32. The molecular formula is C12H14N2O3S. The molecule has 0 aliphatic carbocycles. The molecule has 1 aromatic carbocycles. The lowest BCUT2D eigenvalue weighted by atomic mass is 10.0. The number of hydrogen-bond acceptors (Lipinski definition) is 5. The third kappa shape index (κ3) is 2.59. The molecule has 1 aromatic heterocycles. The maximum atomic E-state index is 11.2. The minimum Gasteiger partial charge on any atom is -0.408 e. The first-order valence-electron chi connectivity index (χ1n) is 5.52. The van der Waals surface area contributed by atoms with Crippen molar-refractivity contribution in [3.63, 3.8) is 0 Å². The predicted octanol–water partition coefficient (Wildman–Crippen LogP) is 2.26. The average molecular weight is 266 g/mol. The molecule has 0 atom stereocenters. The predicted molar refractivity (Wildman–Crippen MR) is 66.9 cm³/mol.